The first-order valence-corrected chi connectivity index (χ1v) is 12.7. The molecule has 0 aliphatic heterocycles. The zero-order valence-electron chi connectivity index (χ0n) is 22.1. The molecule has 0 radical (unpaired) electrons. The van der Waals surface area contributed by atoms with Crippen molar-refractivity contribution < 1.29 is 46.1 Å². The number of hydrogen-bond donors (Lipinski definition) is 2. The minimum atomic E-state index is -4.57. The molecule has 0 saturated carbocycles. The van der Waals surface area contributed by atoms with Gasteiger partial charge < -0.3 is 19.9 Å². The maximum Gasteiger partial charge on any atom is 0.416 e. The highest BCUT2D eigenvalue weighted by Crippen LogP contribution is 2.33. The van der Waals surface area contributed by atoms with Crippen LogP contribution in [-0.2, 0) is 11.0 Å². The number of aromatic nitrogens is 2. The average Bonchev–Trinajstić information content (AvgIpc) is 2.99. The summed E-state index contributed by atoms with van der Waals surface area (Å²) in [4.78, 5) is 30.8. The molecule has 44 heavy (non-hydrogen) atoms. The van der Waals surface area contributed by atoms with Gasteiger partial charge in [0.15, 0.2) is 6.61 Å². The van der Waals surface area contributed by atoms with Gasteiger partial charge >= 0.3 is 12.1 Å². The van der Waals surface area contributed by atoms with Crippen LogP contribution in [0.15, 0.2) is 91.3 Å². The number of rotatable bonds is 7. The van der Waals surface area contributed by atoms with Gasteiger partial charge in [0.25, 0.3) is 5.91 Å². The van der Waals surface area contributed by atoms with E-state index >= 15 is 0 Å². The van der Waals surface area contributed by atoms with Gasteiger partial charge in [-0.05, 0) is 66.7 Å². The molecule has 2 heterocycles. The van der Waals surface area contributed by atoms with Crippen LogP contribution in [0.1, 0.15) is 15.9 Å². The zero-order valence-corrected chi connectivity index (χ0v) is 22.9. The number of alkyl halides is 3. The number of ether oxygens (including phenoxy) is 2. The number of aliphatic carboxylic acids is 1. The number of anilines is 1. The third-order valence-corrected chi connectivity index (χ3v) is 5.93. The lowest BCUT2D eigenvalue weighted by Crippen LogP contribution is -2.14. The molecule has 0 atom stereocenters. The lowest BCUT2D eigenvalue weighted by Gasteiger charge is -2.12. The third-order valence-electron chi connectivity index (χ3n) is 5.60. The number of carboxylic acids is 1. The molecule has 14 heteroatoms. The van der Waals surface area contributed by atoms with E-state index in [1.54, 1.807) is 30.5 Å². The Kier molecular flexibility index (Phi) is 9.91. The number of nitrogens with zero attached hydrogens (tertiary/aromatic N) is 2. The highest BCUT2D eigenvalue weighted by Gasteiger charge is 2.30. The van der Waals surface area contributed by atoms with E-state index in [0.717, 1.165) is 35.7 Å². The second-order valence-corrected chi connectivity index (χ2v) is 9.10. The van der Waals surface area contributed by atoms with Crippen LogP contribution in [0.3, 0.4) is 0 Å². The first-order chi connectivity index (χ1) is 20.9. The van der Waals surface area contributed by atoms with E-state index in [1.165, 1.54) is 24.4 Å². The number of fused-ring (bicyclic) bond motifs is 1. The minimum Gasteiger partial charge on any atom is -0.480 e. The molecule has 0 spiro atoms. The van der Waals surface area contributed by atoms with E-state index in [2.05, 4.69) is 15.3 Å². The SMILES string of the molecule is O=C(Nc1ccc(F)cc1F)c1cccnc1Oc1cccc(C(F)(F)F)c1.O=C(O)COc1ccc(Cl)c2cccnc12. The highest BCUT2D eigenvalue weighted by atomic mass is 35.5. The number of halogens is 6. The Morgan fingerprint density at radius 3 is 2.39 bits per heavy atom. The van der Waals surface area contributed by atoms with Gasteiger partial charge in [0.05, 0.1) is 16.3 Å². The second-order valence-electron chi connectivity index (χ2n) is 8.69. The molecule has 5 aromatic rings. The standard InChI is InChI=1S/C19H11F5N2O2.C11H8ClNO3/c20-12-6-7-16(15(21)10-12)26-17(27)14-5-2-8-25-18(14)28-13-4-1-3-11(9-13)19(22,23)24;12-8-3-4-9(16-6-10(14)15)11-7(8)2-1-5-13-11/h1-10H,(H,26,27);1-5H,6H2,(H,14,15). The van der Waals surface area contributed by atoms with Crippen molar-refractivity contribution in [2.75, 3.05) is 11.9 Å². The fourth-order valence-corrected chi connectivity index (χ4v) is 3.86. The van der Waals surface area contributed by atoms with Crippen LogP contribution in [0.4, 0.5) is 27.6 Å². The number of amides is 1. The molecule has 0 bridgehead atoms. The molecule has 0 saturated heterocycles. The van der Waals surface area contributed by atoms with E-state index in [0.29, 0.717) is 22.4 Å². The van der Waals surface area contributed by atoms with Crippen molar-refractivity contribution in [2.24, 2.45) is 0 Å². The van der Waals surface area contributed by atoms with E-state index in [4.69, 9.17) is 26.2 Å². The average molecular weight is 632 g/mol. The molecule has 0 aliphatic rings. The summed E-state index contributed by atoms with van der Waals surface area (Å²) in [5.41, 5.74) is -0.791. The molecular weight excluding hydrogens is 613 g/mol. The predicted octanol–water partition coefficient (Wildman–Crippen LogP) is 7.77. The number of nitrogens with one attached hydrogen (secondary N) is 1. The fraction of sp³-hybridized carbons (Fsp3) is 0.0667. The molecule has 8 nitrogen and oxygen atoms in total. The number of hydrogen-bond acceptors (Lipinski definition) is 6. The zero-order chi connectivity index (χ0) is 31.9. The summed E-state index contributed by atoms with van der Waals surface area (Å²) in [6.07, 6.45) is -1.69. The number of benzene rings is 3. The molecule has 2 N–H and O–H groups in total. The first-order valence-electron chi connectivity index (χ1n) is 12.4. The Hall–Kier alpha value is -5.30. The van der Waals surface area contributed by atoms with Crippen LogP contribution in [0, 0.1) is 11.6 Å². The number of carbonyl (C=O) groups excluding carboxylic acids is 1. The van der Waals surface area contributed by atoms with E-state index in [1.807, 2.05) is 0 Å². The molecule has 2 aromatic heterocycles. The van der Waals surface area contributed by atoms with Crippen LogP contribution >= 0.6 is 11.6 Å². The van der Waals surface area contributed by atoms with E-state index < -0.39 is 41.9 Å². The van der Waals surface area contributed by atoms with Crippen LogP contribution in [0.2, 0.25) is 5.02 Å². The highest BCUT2D eigenvalue weighted by molar-refractivity contribution is 6.35. The Balaban J connectivity index is 0.000000233. The fourth-order valence-electron chi connectivity index (χ4n) is 3.64. The number of carbonyl (C=O) groups is 2. The maximum absolute atomic E-state index is 13.7. The van der Waals surface area contributed by atoms with Gasteiger partial charge in [-0.2, -0.15) is 13.2 Å². The molecule has 0 aliphatic carbocycles. The summed E-state index contributed by atoms with van der Waals surface area (Å²) in [5, 5.41) is 12.1. The van der Waals surface area contributed by atoms with Crippen molar-refractivity contribution in [1.82, 2.24) is 9.97 Å². The minimum absolute atomic E-state index is 0.149. The quantitative estimate of drug-likeness (QED) is 0.177. The Bertz CT molecular complexity index is 1820. The summed E-state index contributed by atoms with van der Waals surface area (Å²) >= 11 is 5.98. The molecule has 0 fully saturated rings. The van der Waals surface area contributed by atoms with Crippen LogP contribution < -0.4 is 14.8 Å². The van der Waals surface area contributed by atoms with Crippen molar-refractivity contribution in [3.63, 3.8) is 0 Å². The van der Waals surface area contributed by atoms with Crippen molar-refractivity contribution >= 4 is 40.1 Å². The first kappa shape index (κ1) is 31.6. The monoisotopic (exact) mass is 631 g/mol. The van der Waals surface area contributed by atoms with Crippen molar-refractivity contribution in [3.05, 3.63) is 119 Å². The van der Waals surface area contributed by atoms with Crippen LogP contribution in [0.25, 0.3) is 10.9 Å². The summed E-state index contributed by atoms with van der Waals surface area (Å²) in [6, 6.07) is 16.2. The largest absolute Gasteiger partial charge is 0.480 e. The van der Waals surface area contributed by atoms with Gasteiger partial charge in [0.1, 0.15) is 34.2 Å². The summed E-state index contributed by atoms with van der Waals surface area (Å²) in [7, 11) is 0. The normalized spacial score (nSPS) is 10.9. The van der Waals surface area contributed by atoms with Crippen LogP contribution in [0.5, 0.6) is 17.4 Å². The van der Waals surface area contributed by atoms with Crippen molar-refractivity contribution in [3.8, 4) is 17.4 Å². The smallest absolute Gasteiger partial charge is 0.416 e. The van der Waals surface area contributed by atoms with Gasteiger partial charge in [-0.25, -0.2) is 18.6 Å². The molecule has 5 rings (SSSR count). The van der Waals surface area contributed by atoms with Gasteiger partial charge in [0, 0.05) is 23.8 Å². The Morgan fingerprint density at radius 2 is 1.66 bits per heavy atom. The molecule has 0 unspecified atom stereocenters. The van der Waals surface area contributed by atoms with Crippen molar-refractivity contribution in [1.29, 1.82) is 0 Å². The molecule has 3 aromatic carbocycles. The molecule has 226 valence electrons. The lowest BCUT2D eigenvalue weighted by atomic mass is 10.2. The van der Waals surface area contributed by atoms with Gasteiger partial charge in [-0.15, -0.1) is 0 Å². The van der Waals surface area contributed by atoms with Crippen molar-refractivity contribution in [2.45, 2.75) is 6.18 Å². The van der Waals surface area contributed by atoms with E-state index in [-0.39, 0.29) is 22.9 Å². The summed E-state index contributed by atoms with van der Waals surface area (Å²) < 4.78 is 75.6. The topological polar surface area (TPSA) is 111 Å². The summed E-state index contributed by atoms with van der Waals surface area (Å²) in [5.74, 6) is -3.71. The second kappa shape index (κ2) is 13.8. The third kappa shape index (κ3) is 8.16. The number of pyridine rings is 2. The van der Waals surface area contributed by atoms with Crippen LogP contribution in [-0.4, -0.2) is 33.6 Å². The molecule has 1 amide bonds. The predicted molar refractivity (Wildman–Crippen MR) is 150 cm³/mol. The van der Waals surface area contributed by atoms with Gasteiger partial charge in [0.2, 0.25) is 5.88 Å². The Morgan fingerprint density at radius 1 is 0.909 bits per heavy atom. The van der Waals surface area contributed by atoms with E-state index in [9.17, 15) is 31.5 Å². The molecular formula is C30H19ClF5N3O5. The van der Waals surface area contributed by atoms with Gasteiger partial charge in [-0.3, -0.25) is 9.78 Å². The lowest BCUT2D eigenvalue weighted by molar-refractivity contribution is -0.139. The van der Waals surface area contributed by atoms with Gasteiger partial charge in [-0.1, -0.05) is 17.7 Å². The summed E-state index contributed by atoms with van der Waals surface area (Å²) in [6.45, 7) is -0.396. The number of carboxylic acid groups (broad SMARTS) is 1. The Labute approximate surface area is 250 Å². The maximum atomic E-state index is 13.7.